The summed E-state index contributed by atoms with van der Waals surface area (Å²) in [5, 5.41) is 3.67. The summed E-state index contributed by atoms with van der Waals surface area (Å²) in [6.45, 7) is 9.67. The number of piperazine rings is 1. The zero-order valence-electron chi connectivity index (χ0n) is 11.9. The standard InChI is InChI=1S/C14H30N2S/c1-4-13(2)14-12-16(10-8-15-14)9-6-5-7-11-17-3/h13-15H,4-12H2,1-3H3. The Morgan fingerprint density at radius 1 is 1.35 bits per heavy atom. The van der Waals surface area contributed by atoms with Crippen LogP contribution in [0.4, 0.5) is 0 Å². The third-order valence-corrected chi connectivity index (χ3v) is 4.64. The molecule has 0 saturated carbocycles. The Bertz CT molecular complexity index is 187. The molecule has 0 amide bonds. The predicted octanol–water partition coefficient (Wildman–Crippen LogP) is 2.84. The number of hydrogen-bond acceptors (Lipinski definition) is 3. The number of thioether (sulfide) groups is 1. The van der Waals surface area contributed by atoms with Crippen LogP contribution in [-0.2, 0) is 0 Å². The van der Waals surface area contributed by atoms with Crippen LogP contribution in [0.5, 0.6) is 0 Å². The molecule has 3 heteroatoms. The second-order valence-electron chi connectivity index (χ2n) is 5.30. The molecule has 2 atom stereocenters. The van der Waals surface area contributed by atoms with E-state index >= 15 is 0 Å². The van der Waals surface area contributed by atoms with Gasteiger partial charge < -0.3 is 10.2 Å². The Kier molecular flexibility index (Phi) is 8.33. The lowest BCUT2D eigenvalue weighted by Crippen LogP contribution is -2.53. The highest BCUT2D eigenvalue weighted by atomic mass is 32.2. The molecule has 17 heavy (non-hydrogen) atoms. The van der Waals surface area contributed by atoms with Crippen molar-refractivity contribution in [2.75, 3.05) is 38.2 Å². The van der Waals surface area contributed by atoms with Crippen molar-refractivity contribution in [3.63, 3.8) is 0 Å². The average molecular weight is 258 g/mol. The van der Waals surface area contributed by atoms with Crippen LogP contribution in [0.3, 0.4) is 0 Å². The summed E-state index contributed by atoms with van der Waals surface area (Å²) in [6.07, 6.45) is 7.67. The molecule has 0 aliphatic carbocycles. The van der Waals surface area contributed by atoms with Gasteiger partial charge >= 0.3 is 0 Å². The van der Waals surface area contributed by atoms with Crippen molar-refractivity contribution in [1.29, 1.82) is 0 Å². The third kappa shape index (κ3) is 6.12. The molecule has 1 rings (SSSR count). The van der Waals surface area contributed by atoms with Gasteiger partial charge in [0, 0.05) is 25.7 Å². The molecule has 2 nitrogen and oxygen atoms in total. The zero-order valence-corrected chi connectivity index (χ0v) is 12.7. The minimum absolute atomic E-state index is 0.722. The van der Waals surface area contributed by atoms with Gasteiger partial charge in [0.05, 0.1) is 0 Å². The van der Waals surface area contributed by atoms with E-state index in [1.807, 2.05) is 11.8 Å². The monoisotopic (exact) mass is 258 g/mol. The van der Waals surface area contributed by atoms with E-state index in [4.69, 9.17) is 0 Å². The molecule has 102 valence electrons. The molecular formula is C14H30N2S. The zero-order chi connectivity index (χ0) is 12.5. The molecule has 1 fully saturated rings. The van der Waals surface area contributed by atoms with Crippen molar-refractivity contribution in [3.8, 4) is 0 Å². The second kappa shape index (κ2) is 9.23. The summed E-state index contributed by atoms with van der Waals surface area (Å²) in [5.41, 5.74) is 0. The van der Waals surface area contributed by atoms with Crippen LogP contribution >= 0.6 is 11.8 Å². The van der Waals surface area contributed by atoms with E-state index in [0.29, 0.717) is 0 Å². The van der Waals surface area contributed by atoms with Gasteiger partial charge in [-0.05, 0) is 37.3 Å². The van der Waals surface area contributed by atoms with Crippen LogP contribution in [0.15, 0.2) is 0 Å². The Morgan fingerprint density at radius 2 is 2.18 bits per heavy atom. The average Bonchev–Trinajstić information content (AvgIpc) is 2.38. The van der Waals surface area contributed by atoms with Gasteiger partial charge in [0.1, 0.15) is 0 Å². The summed E-state index contributed by atoms with van der Waals surface area (Å²) in [5.74, 6) is 2.14. The molecule has 1 N–H and O–H groups in total. The first-order chi connectivity index (χ1) is 8.27. The number of rotatable bonds is 8. The van der Waals surface area contributed by atoms with Gasteiger partial charge in [-0.1, -0.05) is 26.7 Å². The lowest BCUT2D eigenvalue weighted by Gasteiger charge is -2.36. The highest BCUT2D eigenvalue weighted by Gasteiger charge is 2.22. The van der Waals surface area contributed by atoms with Crippen LogP contribution in [0, 0.1) is 5.92 Å². The normalized spacial score (nSPS) is 23.8. The van der Waals surface area contributed by atoms with Gasteiger partial charge in [-0.15, -0.1) is 0 Å². The maximum absolute atomic E-state index is 3.67. The molecule has 0 aromatic heterocycles. The number of hydrogen-bond donors (Lipinski definition) is 1. The van der Waals surface area contributed by atoms with Crippen LogP contribution < -0.4 is 5.32 Å². The first-order valence-electron chi connectivity index (χ1n) is 7.22. The van der Waals surface area contributed by atoms with Gasteiger partial charge in [0.2, 0.25) is 0 Å². The third-order valence-electron chi connectivity index (χ3n) is 3.94. The van der Waals surface area contributed by atoms with Crippen molar-refractivity contribution in [2.24, 2.45) is 5.92 Å². The Balaban J connectivity index is 2.12. The van der Waals surface area contributed by atoms with Crippen LogP contribution in [0.1, 0.15) is 39.5 Å². The van der Waals surface area contributed by atoms with Gasteiger partial charge in [0.15, 0.2) is 0 Å². The summed E-state index contributed by atoms with van der Waals surface area (Å²) in [6, 6.07) is 0.722. The lowest BCUT2D eigenvalue weighted by atomic mass is 9.97. The molecule has 2 unspecified atom stereocenters. The molecule has 1 aliphatic rings. The Hall–Kier alpha value is 0.270. The van der Waals surface area contributed by atoms with Gasteiger partial charge in [-0.3, -0.25) is 0 Å². The molecular weight excluding hydrogens is 228 g/mol. The molecule has 0 radical (unpaired) electrons. The maximum atomic E-state index is 3.67. The molecule has 0 spiro atoms. The molecule has 0 bridgehead atoms. The number of unbranched alkanes of at least 4 members (excludes halogenated alkanes) is 2. The van der Waals surface area contributed by atoms with E-state index < -0.39 is 0 Å². The highest BCUT2D eigenvalue weighted by Crippen LogP contribution is 2.13. The topological polar surface area (TPSA) is 15.3 Å². The molecule has 1 aliphatic heterocycles. The SMILES string of the molecule is CCC(C)C1CN(CCCCCSC)CCN1. The van der Waals surface area contributed by atoms with Crippen molar-refractivity contribution < 1.29 is 0 Å². The van der Waals surface area contributed by atoms with E-state index in [9.17, 15) is 0 Å². The quantitative estimate of drug-likeness (QED) is 0.674. The minimum atomic E-state index is 0.722. The summed E-state index contributed by atoms with van der Waals surface area (Å²) in [4.78, 5) is 2.66. The van der Waals surface area contributed by atoms with Crippen molar-refractivity contribution >= 4 is 11.8 Å². The Morgan fingerprint density at radius 3 is 2.88 bits per heavy atom. The highest BCUT2D eigenvalue weighted by molar-refractivity contribution is 7.98. The number of nitrogens with zero attached hydrogens (tertiary/aromatic N) is 1. The molecule has 0 aromatic rings. The fourth-order valence-corrected chi connectivity index (χ4v) is 2.96. The Labute approximate surface area is 112 Å². The van der Waals surface area contributed by atoms with Crippen molar-refractivity contribution in [1.82, 2.24) is 10.2 Å². The second-order valence-corrected chi connectivity index (χ2v) is 6.29. The summed E-state index contributed by atoms with van der Waals surface area (Å²) >= 11 is 1.97. The largest absolute Gasteiger partial charge is 0.311 e. The minimum Gasteiger partial charge on any atom is -0.311 e. The van der Waals surface area contributed by atoms with E-state index in [-0.39, 0.29) is 0 Å². The maximum Gasteiger partial charge on any atom is 0.0221 e. The van der Waals surface area contributed by atoms with E-state index in [0.717, 1.165) is 12.0 Å². The molecule has 0 aromatic carbocycles. The first kappa shape index (κ1) is 15.3. The first-order valence-corrected chi connectivity index (χ1v) is 8.62. The van der Waals surface area contributed by atoms with Crippen molar-refractivity contribution in [3.05, 3.63) is 0 Å². The van der Waals surface area contributed by atoms with Gasteiger partial charge in [-0.2, -0.15) is 11.8 Å². The van der Waals surface area contributed by atoms with Gasteiger partial charge in [0.25, 0.3) is 0 Å². The fourth-order valence-electron chi connectivity index (χ4n) is 2.47. The summed E-state index contributed by atoms with van der Waals surface area (Å²) in [7, 11) is 0. The molecule has 1 saturated heterocycles. The van der Waals surface area contributed by atoms with Crippen LogP contribution in [0.25, 0.3) is 0 Å². The van der Waals surface area contributed by atoms with Crippen LogP contribution in [-0.4, -0.2) is 49.1 Å². The van der Waals surface area contributed by atoms with E-state index in [2.05, 4.69) is 30.3 Å². The molecule has 1 heterocycles. The van der Waals surface area contributed by atoms with Crippen LogP contribution in [0.2, 0.25) is 0 Å². The summed E-state index contributed by atoms with van der Waals surface area (Å²) < 4.78 is 0. The van der Waals surface area contributed by atoms with Gasteiger partial charge in [-0.25, -0.2) is 0 Å². The predicted molar refractivity (Wildman–Crippen MR) is 79.9 cm³/mol. The van der Waals surface area contributed by atoms with E-state index in [1.54, 1.807) is 0 Å². The fraction of sp³-hybridized carbons (Fsp3) is 1.00. The van der Waals surface area contributed by atoms with E-state index in [1.165, 1.54) is 57.6 Å². The smallest absolute Gasteiger partial charge is 0.0221 e. The van der Waals surface area contributed by atoms with Crippen molar-refractivity contribution in [2.45, 2.75) is 45.6 Å². The lowest BCUT2D eigenvalue weighted by molar-refractivity contribution is 0.166. The number of nitrogens with one attached hydrogen (secondary N) is 1.